The molecule has 0 bridgehead atoms. The summed E-state index contributed by atoms with van der Waals surface area (Å²) in [5, 5.41) is 1.39. The lowest BCUT2D eigenvalue weighted by Gasteiger charge is -2.40. The Labute approximate surface area is 223 Å². The van der Waals surface area contributed by atoms with E-state index in [4.69, 9.17) is 11.6 Å². The van der Waals surface area contributed by atoms with E-state index >= 15 is 0 Å². The van der Waals surface area contributed by atoms with E-state index in [1.54, 1.807) is 17.0 Å². The second kappa shape index (κ2) is 10.3. The topological polar surface area (TPSA) is 89.2 Å². The maximum absolute atomic E-state index is 13.6. The number of hydrogen-bond acceptors (Lipinski definition) is 5. The SMILES string of the molecule is CC(C)N1CCN(C(=O)c2ccc3c(c2)cc(C(=O)N2CCS(O)(O)CC2)n3-c2ccc(Cl)cc2)CC1. The number of benzene rings is 2. The van der Waals surface area contributed by atoms with Crippen LogP contribution in [0.1, 0.15) is 34.7 Å². The summed E-state index contributed by atoms with van der Waals surface area (Å²) in [6, 6.07) is 15.2. The van der Waals surface area contributed by atoms with Gasteiger partial charge in [-0.25, -0.2) is 0 Å². The fourth-order valence-corrected chi connectivity index (χ4v) is 6.45. The molecule has 2 aromatic carbocycles. The number of hydrogen-bond donors (Lipinski definition) is 2. The minimum atomic E-state index is -2.62. The molecule has 0 atom stereocenters. The van der Waals surface area contributed by atoms with Gasteiger partial charge in [-0.2, -0.15) is 10.6 Å². The molecule has 198 valence electrons. The van der Waals surface area contributed by atoms with E-state index in [-0.39, 0.29) is 36.4 Å². The molecule has 3 heterocycles. The number of carbonyl (C=O) groups is 2. The molecular weight excluding hydrogens is 512 g/mol. The van der Waals surface area contributed by atoms with Gasteiger partial charge in [0.15, 0.2) is 0 Å². The van der Waals surface area contributed by atoms with Crippen LogP contribution in [0.4, 0.5) is 0 Å². The number of carbonyl (C=O) groups excluding carboxylic acids is 2. The molecule has 10 heteroatoms. The van der Waals surface area contributed by atoms with Crippen molar-refractivity contribution in [3.05, 3.63) is 64.8 Å². The zero-order chi connectivity index (χ0) is 26.3. The number of amides is 2. The lowest BCUT2D eigenvalue weighted by atomic mass is 10.1. The maximum atomic E-state index is 13.6. The molecule has 0 unspecified atom stereocenters. The predicted molar refractivity (Wildman–Crippen MR) is 149 cm³/mol. The molecule has 2 aliphatic heterocycles. The van der Waals surface area contributed by atoms with Crippen molar-refractivity contribution >= 4 is 44.9 Å². The first kappa shape index (κ1) is 26.1. The first-order chi connectivity index (χ1) is 17.6. The van der Waals surface area contributed by atoms with Crippen molar-refractivity contribution < 1.29 is 18.7 Å². The van der Waals surface area contributed by atoms with Crippen LogP contribution in [0.2, 0.25) is 5.02 Å². The summed E-state index contributed by atoms with van der Waals surface area (Å²) in [7, 11) is -2.62. The summed E-state index contributed by atoms with van der Waals surface area (Å²) in [5.74, 6) is 0.183. The summed E-state index contributed by atoms with van der Waals surface area (Å²) in [6.45, 7) is 8.02. The molecule has 0 saturated carbocycles. The third-order valence-electron chi connectivity index (χ3n) is 7.35. The minimum absolute atomic E-state index is 0.00124. The molecular formula is C27H33ClN4O4S. The normalized spacial score (nSPS) is 19.4. The zero-order valence-corrected chi connectivity index (χ0v) is 22.7. The first-order valence-corrected chi connectivity index (χ1v) is 14.9. The van der Waals surface area contributed by atoms with E-state index in [9.17, 15) is 18.7 Å². The Morgan fingerprint density at radius 2 is 1.46 bits per heavy atom. The predicted octanol–water partition coefficient (Wildman–Crippen LogP) is 4.66. The fraction of sp³-hybridized carbons (Fsp3) is 0.407. The molecule has 1 aromatic heterocycles. The summed E-state index contributed by atoms with van der Waals surface area (Å²) in [5.41, 5.74) is 2.66. The van der Waals surface area contributed by atoms with Crippen molar-refractivity contribution in [3.8, 4) is 5.69 Å². The van der Waals surface area contributed by atoms with Crippen LogP contribution >= 0.6 is 22.2 Å². The Hall–Kier alpha value is -2.56. The van der Waals surface area contributed by atoms with Gasteiger partial charge in [-0.05, 0) is 62.4 Å². The second-order valence-corrected chi connectivity index (χ2v) is 12.9. The van der Waals surface area contributed by atoms with Crippen molar-refractivity contribution in [2.75, 3.05) is 50.8 Å². The highest BCUT2D eigenvalue weighted by molar-refractivity contribution is 8.24. The average molecular weight is 545 g/mol. The van der Waals surface area contributed by atoms with Gasteiger partial charge in [0.2, 0.25) is 0 Å². The molecule has 0 spiro atoms. The van der Waals surface area contributed by atoms with Crippen LogP contribution in [-0.4, -0.2) is 97.0 Å². The van der Waals surface area contributed by atoms with E-state index in [2.05, 4.69) is 18.7 Å². The molecule has 0 aliphatic carbocycles. The highest BCUT2D eigenvalue weighted by Gasteiger charge is 2.29. The largest absolute Gasteiger partial charge is 0.336 e. The molecule has 2 aliphatic rings. The van der Waals surface area contributed by atoms with Crippen molar-refractivity contribution in [1.29, 1.82) is 0 Å². The van der Waals surface area contributed by atoms with E-state index in [0.717, 1.165) is 29.7 Å². The number of rotatable bonds is 4. The van der Waals surface area contributed by atoms with Gasteiger partial charge in [0.05, 0.1) is 17.0 Å². The molecule has 2 saturated heterocycles. The van der Waals surface area contributed by atoms with E-state index < -0.39 is 10.6 Å². The first-order valence-electron chi connectivity index (χ1n) is 12.6. The molecule has 5 rings (SSSR count). The van der Waals surface area contributed by atoms with Crippen LogP contribution < -0.4 is 0 Å². The van der Waals surface area contributed by atoms with Gasteiger partial charge in [-0.1, -0.05) is 11.6 Å². The number of nitrogens with zero attached hydrogens (tertiary/aromatic N) is 4. The Kier molecular flexibility index (Phi) is 7.26. The van der Waals surface area contributed by atoms with Crippen LogP contribution in [0.15, 0.2) is 48.5 Å². The zero-order valence-electron chi connectivity index (χ0n) is 21.1. The summed E-state index contributed by atoms with van der Waals surface area (Å²) >= 11 is 6.12. The average Bonchev–Trinajstić information content (AvgIpc) is 3.27. The van der Waals surface area contributed by atoms with Crippen molar-refractivity contribution in [1.82, 2.24) is 19.3 Å². The quantitative estimate of drug-likeness (QED) is 0.499. The van der Waals surface area contributed by atoms with Gasteiger partial charge in [-0.15, -0.1) is 0 Å². The monoisotopic (exact) mass is 544 g/mol. The summed E-state index contributed by atoms with van der Waals surface area (Å²) in [4.78, 5) is 32.9. The lowest BCUT2D eigenvalue weighted by Crippen LogP contribution is -2.50. The number of fused-ring (bicyclic) bond motifs is 1. The van der Waals surface area contributed by atoms with E-state index in [1.165, 1.54) is 0 Å². The fourth-order valence-electron chi connectivity index (χ4n) is 5.09. The Morgan fingerprint density at radius 3 is 2.08 bits per heavy atom. The number of halogens is 1. The lowest BCUT2D eigenvalue weighted by molar-refractivity contribution is 0.0595. The molecule has 2 N–H and O–H groups in total. The highest BCUT2D eigenvalue weighted by Crippen LogP contribution is 2.40. The molecule has 2 amide bonds. The smallest absolute Gasteiger partial charge is 0.270 e. The second-order valence-electron chi connectivity index (χ2n) is 10.0. The van der Waals surface area contributed by atoms with Crippen molar-refractivity contribution in [2.24, 2.45) is 0 Å². The highest BCUT2D eigenvalue weighted by atomic mass is 35.5. The van der Waals surface area contributed by atoms with Crippen LogP contribution in [0.3, 0.4) is 0 Å². The minimum Gasteiger partial charge on any atom is -0.336 e. The molecule has 8 nitrogen and oxygen atoms in total. The van der Waals surface area contributed by atoms with Gasteiger partial charge >= 0.3 is 0 Å². The summed E-state index contributed by atoms with van der Waals surface area (Å²) < 4.78 is 21.9. The van der Waals surface area contributed by atoms with Crippen LogP contribution in [0, 0.1) is 0 Å². The van der Waals surface area contributed by atoms with E-state index in [0.29, 0.717) is 35.4 Å². The standard InChI is InChI=1S/C27H33ClN4O4S/c1-19(2)29-9-11-30(12-10-29)26(33)20-3-8-24-21(17-20)18-25(32(24)23-6-4-22(28)5-7-23)27(34)31-13-15-37(35,36)16-14-31/h3-8,17-19,35-36H,9-16H2,1-2H3. The van der Waals surface area contributed by atoms with Gasteiger partial charge in [0, 0.05) is 67.0 Å². The van der Waals surface area contributed by atoms with Crippen LogP contribution in [0.5, 0.6) is 0 Å². The molecule has 37 heavy (non-hydrogen) atoms. The third kappa shape index (κ3) is 5.37. The van der Waals surface area contributed by atoms with Gasteiger partial charge < -0.3 is 14.4 Å². The Balaban J connectivity index is 1.49. The Bertz CT molecular complexity index is 1310. The molecule has 2 fully saturated rings. The maximum Gasteiger partial charge on any atom is 0.270 e. The van der Waals surface area contributed by atoms with E-state index in [1.807, 2.05) is 45.9 Å². The summed E-state index contributed by atoms with van der Waals surface area (Å²) in [6.07, 6.45) is 0. The number of aromatic nitrogens is 1. The van der Waals surface area contributed by atoms with Crippen molar-refractivity contribution in [3.63, 3.8) is 0 Å². The van der Waals surface area contributed by atoms with Crippen molar-refractivity contribution in [2.45, 2.75) is 19.9 Å². The Morgan fingerprint density at radius 1 is 0.838 bits per heavy atom. The van der Waals surface area contributed by atoms with Gasteiger partial charge in [0.25, 0.3) is 11.8 Å². The van der Waals surface area contributed by atoms with Crippen LogP contribution in [0.25, 0.3) is 16.6 Å². The molecule has 3 aromatic rings. The third-order valence-corrected chi connectivity index (χ3v) is 9.27. The van der Waals surface area contributed by atoms with Gasteiger partial charge in [0.1, 0.15) is 5.69 Å². The van der Waals surface area contributed by atoms with Gasteiger partial charge in [-0.3, -0.25) is 23.6 Å². The molecule has 0 radical (unpaired) electrons. The number of piperazine rings is 1. The van der Waals surface area contributed by atoms with Crippen LogP contribution in [-0.2, 0) is 0 Å².